The van der Waals surface area contributed by atoms with E-state index in [0.717, 1.165) is 0 Å². The van der Waals surface area contributed by atoms with E-state index < -0.39 is 10.0 Å². The number of aliphatic hydroxyl groups is 1. The number of nitrogens with one attached hydrogen (secondary N) is 2. The van der Waals surface area contributed by atoms with Gasteiger partial charge in [-0.1, -0.05) is 0 Å². The van der Waals surface area contributed by atoms with Crippen LogP contribution in [0.2, 0.25) is 0 Å². The topological polar surface area (TPSA) is 101 Å². The highest BCUT2D eigenvalue weighted by Gasteiger charge is 2.18. The normalized spacial score (nSPS) is 13.7. The van der Waals surface area contributed by atoms with E-state index in [2.05, 4.69) is 9.71 Å². The van der Waals surface area contributed by atoms with Crippen molar-refractivity contribution in [3.05, 3.63) is 18.0 Å². The predicted octanol–water partition coefficient (Wildman–Crippen LogP) is -0.553. The van der Waals surface area contributed by atoms with Crippen LogP contribution in [0.25, 0.3) is 0 Å². The minimum Gasteiger partial charge on any atom is -0.390 e. The molecule has 3 N–H and O–H groups in total. The van der Waals surface area contributed by atoms with Crippen molar-refractivity contribution in [2.24, 2.45) is 0 Å². The molecule has 8 heteroatoms. The molecule has 7 nitrogen and oxygen atoms in total. The maximum Gasteiger partial charge on any atom is 0.242 e. The molecule has 0 fully saturated rings. The van der Waals surface area contributed by atoms with Crippen LogP contribution in [0.4, 0.5) is 0 Å². The number of ether oxygens (including phenoxy) is 2. The fourth-order valence-electron chi connectivity index (χ4n) is 1.35. The summed E-state index contributed by atoms with van der Waals surface area (Å²) in [5.74, 6) is 0. The van der Waals surface area contributed by atoms with Crippen molar-refractivity contribution >= 4 is 10.0 Å². The fourth-order valence-corrected chi connectivity index (χ4v) is 2.43. The summed E-state index contributed by atoms with van der Waals surface area (Å²) in [6.07, 6.45) is 0.979. The molecule has 1 unspecified atom stereocenters. The van der Waals surface area contributed by atoms with Gasteiger partial charge in [-0.2, -0.15) is 0 Å². The Morgan fingerprint density at radius 1 is 1.50 bits per heavy atom. The summed E-state index contributed by atoms with van der Waals surface area (Å²) in [6.45, 7) is 0.181. The molecular formula is C10H18N2O5S. The van der Waals surface area contributed by atoms with Gasteiger partial charge in [0.25, 0.3) is 0 Å². The summed E-state index contributed by atoms with van der Waals surface area (Å²) < 4.78 is 36.1. The Labute approximate surface area is 106 Å². The first-order valence-corrected chi connectivity index (χ1v) is 6.81. The second-order valence-electron chi connectivity index (χ2n) is 3.68. The summed E-state index contributed by atoms with van der Waals surface area (Å²) in [5.41, 5.74) is 0.440. The van der Waals surface area contributed by atoms with Crippen molar-refractivity contribution < 1.29 is 23.0 Å². The summed E-state index contributed by atoms with van der Waals surface area (Å²) in [6, 6.07) is 1.38. The van der Waals surface area contributed by atoms with E-state index in [1.807, 2.05) is 0 Å². The number of methoxy groups -OCH3 is 2. The Bertz CT molecular complexity index is 457. The van der Waals surface area contributed by atoms with E-state index in [-0.39, 0.29) is 24.2 Å². The van der Waals surface area contributed by atoms with Gasteiger partial charge in [0.15, 0.2) is 0 Å². The molecule has 18 heavy (non-hydrogen) atoms. The number of aromatic nitrogens is 1. The third kappa shape index (κ3) is 4.07. The molecule has 1 atom stereocenters. The van der Waals surface area contributed by atoms with Gasteiger partial charge < -0.3 is 19.6 Å². The zero-order valence-electron chi connectivity index (χ0n) is 10.3. The SMILES string of the molecule is COCC(CNS(=O)(=O)c1c[nH]c(CO)c1)OC. The third-order valence-electron chi connectivity index (χ3n) is 2.38. The van der Waals surface area contributed by atoms with Crippen molar-refractivity contribution in [3.63, 3.8) is 0 Å². The summed E-state index contributed by atoms with van der Waals surface area (Å²) >= 11 is 0. The molecule has 0 saturated carbocycles. The van der Waals surface area contributed by atoms with Crippen LogP contribution in [-0.4, -0.2) is 52.0 Å². The second-order valence-corrected chi connectivity index (χ2v) is 5.45. The number of rotatable bonds is 8. The molecule has 0 aliphatic carbocycles. The van der Waals surface area contributed by atoms with E-state index in [0.29, 0.717) is 12.3 Å². The van der Waals surface area contributed by atoms with Gasteiger partial charge in [-0.05, 0) is 6.07 Å². The maximum atomic E-state index is 11.9. The zero-order chi connectivity index (χ0) is 13.6. The number of aliphatic hydroxyl groups excluding tert-OH is 1. The Morgan fingerprint density at radius 3 is 2.72 bits per heavy atom. The van der Waals surface area contributed by atoms with Crippen molar-refractivity contribution in [1.29, 1.82) is 0 Å². The van der Waals surface area contributed by atoms with Gasteiger partial charge in [0.05, 0.1) is 24.2 Å². The average Bonchev–Trinajstić information content (AvgIpc) is 2.84. The molecule has 0 aliphatic heterocycles. The van der Waals surface area contributed by atoms with Crippen LogP contribution in [0.1, 0.15) is 5.69 Å². The number of sulfonamides is 1. The Morgan fingerprint density at radius 2 is 2.22 bits per heavy atom. The molecule has 1 heterocycles. The lowest BCUT2D eigenvalue weighted by atomic mass is 10.4. The molecule has 0 radical (unpaired) electrons. The van der Waals surface area contributed by atoms with Crippen LogP contribution in [0, 0.1) is 0 Å². The molecule has 0 aromatic carbocycles. The highest BCUT2D eigenvalue weighted by atomic mass is 32.2. The highest BCUT2D eigenvalue weighted by molar-refractivity contribution is 7.89. The summed E-state index contributed by atoms with van der Waals surface area (Å²) in [4.78, 5) is 2.75. The van der Waals surface area contributed by atoms with Gasteiger partial charge in [-0.3, -0.25) is 0 Å². The lowest BCUT2D eigenvalue weighted by molar-refractivity contribution is 0.0320. The Kier molecular flexibility index (Phi) is 5.76. The smallest absolute Gasteiger partial charge is 0.242 e. The first-order chi connectivity index (χ1) is 8.53. The van der Waals surface area contributed by atoms with Crippen LogP contribution >= 0.6 is 0 Å². The Hall–Kier alpha value is -0.930. The van der Waals surface area contributed by atoms with Crippen molar-refractivity contribution in [2.45, 2.75) is 17.6 Å². The van der Waals surface area contributed by atoms with Gasteiger partial charge in [0, 0.05) is 32.7 Å². The van der Waals surface area contributed by atoms with E-state index in [1.54, 1.807) is 0 Å². The summed E-state index contributed by atoms with van der Waals surface area (Å²) in [7, 11) is -0.603. The van der Waals surface area contributed by atoms with Gasteiger partial charge in [0.2, 0.25) is 10.0 Å². The molecule has 0 bridgehead atoms. The van der Waals surface area contributed by atoms with Crippen LogP contribution in [-0.2, 0) is 26.1 Å². The predicted molar refractivity (Wildman–Crippen MR) is 64.6 cm³/mol. The van der Waals surface area contributed by atoms with Crippen molar-refractivity contribution in [1.82, 2.24) is 9.71 Å². The van der Waals surface area contributed by atoms with Crippen LogP contribution in [0.5, 0.6) is 0 Å². The summed E-state index contributed by atoms with van der Waals surface area (Å²) in [5, 5.41) is 8.86. The second kappa shape index (κ2) is 6.86. The van der Waals surface area contributed by atoms with Gasteiger partial charge in [-0.15, -0.1) is 0 Å². The minimum absolute atomic E-state index is 0.0822. The standard InChI is InChI=1S/C10H18N2O5S/c1-16-7-9(17-2)4-12-18(14,15)10-3-8(6-13)11-5-10/h3,5,9,11-13H,4,6-7H2,1-2H3. The monoisotopic (exact) mass is 278 g/mol. The number of H-pyrrole nitrogens is 1. The van der Waals surface area contributed by atoms with E-state index in [9.17, 15) is 8.42 Å². The first-order valence-electron chi connectivity index (χ1n) is 5.33. The number of hydrogen-bond acceptors (Lipinski definition) is 5. The quantitative estimate of drug-likeness (QED) is 0.592. The van der Waals surface area contributed by atoms with Gasteiger partial charge >= 0.3 is 0 Å². The molecule has 1 aromatic rings. The van der Waals surface area contributed by atoms with E-state index >= 15 is 0 Å². The highest BCUT2D eigenvalue weighted by Crippen LogP contribution is 2.10. The van der Waals surface area contributed by atoms with Gasteiger partial charge in [-0.25, -0.2) is 13.1 Å². The van der Waals surface area contributed by atoms with Crippen molar-refractivity contribution in [3.8, 4) is 0 Å². The molecule has 0 aliphatic rings. The number of hydrogen-bond donors (Lipinski definition) is 3. The molecule has 104 valence electrons. The average molecular weight is 278 g/mol. The van der Waals surface area contributed by atoms with Crippen LogP contribution < -0.4 is 4.72 Å². The Balaban J connectivity index is 2.64. The van der Waals surface area contributed by atoms with Crippen molar-refractivity contribution in [2.75, 3.05) is 27.4 Å². The molecule has 0 amide bonds. The molecule has 0 saturated heterocycles. The zero-order valence-corrected chi connectivity index (χ0v) is 11.2. The molecule has 1 aromatic heterocycles. The van der Waals surface area contributed by atoms with E-state index in [4.69, 9.17) is 14.6 Å². The van der Waals surface area contributed by atoms with Gasteiger partial charge in [0.1, 0.15) is 0 Å². The van der Waals surface area contributed by atoms with Crippen LogP contribution in [0.3, 0.4) is 0 Å². The largest absolute Gasteiger partial charge is 0.390 e. The fraction of sp³-hybridized carbons (Fsp3) is 0.600. The lowest BCUT2D eigenvalue weighted by Gasteiger charge is -2.14. The minimum atomic E-state index is -3.60. The first kappa shape index (κ1) is 15.1. The molecule has 0 spiro atoms. The number of aromatic amines is 1. The lowest BCUT2D eigenvalue weighted by Crippen LogP contribution is -2.35. The third-order valence-corrected chi connectivity index (χ3v) is 3.79. The van der Waals surface area contributed by atoms with Crippen LogP contribution in [0.15, 0.2) is 17.2 Å². The van der Waals surface area contributed by atoms with E-state index in [1.165, 1.54) is 26.5 Å². The maximum absolute atomic E-state index is 11.9. The molecule has 1 rings (SSSR count). The molecular weight excluding hydrogens is 260 g/mol.